The van der Waals surface area contributed by atoms with Crippen LogP contribution in [0.5, 0.6) is 5.75 Å². The van der Waals surface area contributed by atoms with Gasteiger partial charge in [-0.15, -0.1) is 0 Å². The topological polar surface area (TPSA) is 26.3 Å². The molecular formula is C13H18O2. The van der Waals surface area contributed by atoms with Crippen molar-refractivity contribution in [2.24, 2.45) is 0 Å². The van der Waals surface area contributed by atoms with Crippen molar-refractivity contribution in [1.82, 2.24) is 0 Å². The Bertz CT molecular complexity index is 318. The number of benzene rings is 1. The Hall–Kier alpha value is -1.31. The standard InChI is InChI=1S/C13H18O2/c1-3-6-11-7-5-8-13(9-11)15-10-12(14)4-2/h5,7-9H,3-4,6,10H2,1-2H3. The summed E-state index contributed by atoms with van der Waals surface area (Å²) in [6.07, 6.45) is 2.71. The molecular weight excluding hydrogens is 188 g/mol. The van der Waals surface area contributed by atoms with Gasteiger partial charge in [0.15, 0.2) is 5.78 Å². The Morgan fingerprint density at radius 3 is 2.80 bits per heavy atom. The van der Waals surface area contributed by atoms with Crippen LogP contribution in [0.15, 0.2) is 24.3 Å². The average molecular weight is 206 g/mol. The van der Waals surface area contributed by atoms with Crippen LogP contribution in [0.2, 0.25) is 0 Å². The Labute approximate surface area is 91.3 Å². The highest BCUT2D eigenvalue weighted by atomic mass is 16.5. The summed E-state index contributed by atoms with van der Waals surface area (Å²) < 4.78 is 5.40. The number of hydrogen-bond acceptors (Lipinski definition) is 2. The van der Waals surface area contributed by atoms with Gasteiger partial charge >= 0.3 is 0 Å². The minimum atomic E-state index is 0.135. The molecule has 1 rings (SSSR count). The van der Waals surface area contributed by atoms with E-state index in [-0.39, 0.29) is 12.4 Å². The molecule has 0 aromatic heterocycles. The molecule has 1 aromatic carbocycles. The SMILES string of the molecule is CCCc1cccc(OCC(=O)CC)c1. The number of ketones is 1. The van der Waals surface area contributed by atoms with E-state index in [1.807, 2.05) is 25.1 Å². The van der Waals surface area contributed by atoms with Crippen LogP contribution in [-0.4, -0.2) is 12.4 Å². The predicted molar refractivity (Wildman–Crippen MR) is 61.2 cm³/mol. The molecule has 0 saturated carbocycles. The second kappa shape index (κ2) is 6.23. The molecule has 2 heteroatoms. The Kier molecular flexibility index (Phi) is 4.88. The normalized spacial score (nSPS) is 10.0. The molecule has 0 aliphatic heterocycles. The van der Waals surface area contributed by atoms with Crippen molar-refractivity contribution in [3.63, 3.8) is 0 Å². The van der Waals surface area contributed by atoms with E-state index in [0.717, 1.165) is 18.6 Å². The van der Waals surface area contributed by atoms with Crippen molar-refractivity contribution in [3.8, 4) is 5.75 Å². The lowest BCUT2D eigenvalue weighted by molar-refractivity contribution is -0.120. The summed E-state index contributed by atoms with van der Waals surface area (Å²) in [4.78, 5) is 11.1. The first-order valence-corrected chi connectivity index (χ1v) is 5.49. The van der Waals surface area contributed by atoms with Crippen molar-refractivity contribution < 1.29 is 9.53 Å². The molecule has 0 bridgehead atoms. The van der Waals surface area contributed by atoms with Gasteiger partial charge in [-0.25, -0.2) is 0 Å². The number of aryl methyl sites for hydroxylation is 1. The van der Waals surface area contributed by atoms with Crippen molar-refractivity contribution in [1.29, 1.82) is 0 Å². The number of carbonyl (C=O) groups is 1. The third-order valence-corrected chi connectivity index (χ3v) is 2.23. The molecule has 82 valence electrons. The number of ether oxygens (including phenoxy) is 1. The fourth-order valence-electron chi connectivity index (χ4n) is 1.35. The maximum absolute atomic E-state index is 11.1. The molecule has 0 atom stereocenters. The zero-order chi connectivity index (χ0) is 11.1. The van der Waals surface area contributed by atoms with E-state index in [2.05, 4.69) is 13.0 Å². The summed E-state index contributed by atoms with van der Waals surface area (Å²) in [6.45, 7) is 4.18. The highest BCUT2D eigenvalue weighted by molar-refractivity contribution is 5.79. The van der Waals surface area contributed by atoms with Crippen LogP contribution in [0, 0.1) is 0 Å². The molecule has 0 radical (unpaired) electrons. The lowest BCUT2D eigenvalue weighted by Gasteiger charge is -2.06. The maximum atomic E-state index is 11.1. The van der Waals surface area contributed by atoms with Crippen LogP contribution in [0.4, 0.5) is 0 Å². The molecule has 2 nitrogen and oxygen atoms in total. The van der Waals surface area contributed by atoms with E-state index in [0.29, 0.717) is 6.42 Å². The molecule has 0 saturated heterocycles. The first-order valence-electron chi connectivity index (χ1n) is 5.49. The van der Waals surface area contributed by atoms with Gasteiger partial charge in [0.1, 0.15) is 12.4 Å². The van der Waals surface area contributed by atoms with Crippen molar-refractivity contribution in [2.75, 3.05) is 6.61 Å². The quantitative estimate of drug-likeness (QED) is 0.715. The molecule has 0 unspecified atom stereocenters. The Balaban J connectivity index is 2.53. The Morgan fingerprint density at radius 1 is 1.33 bits per heavy atom. The van der Waals surface area contributed by atoms with Gasteiger partial charge in [0.25, 0.3) is 0 Å². The van der Waals surface area contributed by atoms with Crippen LogP contribution >= 0.6 is 0 Å². The van der Waals surface area contributed by atoms with Crippen LogP contribution in [0.3, 0.4) is 0 Å². The molecule has 0 aliphatic rings. The van der Waals surface area contributed by atoms with E-state index in [4.69, 9.17) is 4.74 Å². The highest BCUT2D eigenvalue weighted by Gasteiger charge is 2.00. The first-order chi connectivity index (χ1) is 7.26. The number of rotatable bonds is 6. The van der Waals surface area contributed by atoms with Crippen LogP contribution < -0.4 is 4.74 Å². The van der Waals surface area contributed by atoms with E-state index >= 15 is 0 Å². The predicted octanol–water partition coefficient (Wildman–Crippen LogP) is 3.00. The lowest BCUT2D eigenvalue weighted by atomic mass is 10.1. The largest absolute Gasteiger partial charge is 0.486 e. The van der Waals surface area contributed by atoms with Gasteiger partial charge in [-0.3, -0.25) is 4.79 Å². The van der Waals surface area contributed by atoms with Crippen LogP contribution in [-0.2, 0) is 11.2 Å². The lowest BCUT2D eigenvalue weighted by Crippen LogP contribution is -2.09. The number of Topliss-reactive ketones (excluding diaryl/α,β-unsaturated/α-hetero) is 1. The molecule has 1 aromatic rings. The summed E-state index contributed by atoms with van der Waals surface area (Å²) in [5.41, 5.74) is 1.26. The summed E-state index contributed by atoms with van der Waals surface area (Å²) in [5, 5.41) is 0. The van der Waals surface area contributed by atoms with E-state index in [1.54, 1.807) is 0 Å². The van der Waals surface area contributed by atoms with Crippen LogP contribution in [0.1, 0.15) is 32.3 Å². The monoisotopic (exact) mass is 206 g/mol. The van der Waals surface area contributed by atoms with Crippen LogP contribution in [0.25, 0.3) is 0 Å². The Morgan fingerprint density at radius 2 is 2.13 bits per heavy atom. The maximum Gasteiger partial charge on any atom is 0.169 e. The summed E-state index contributed by atoms with van der Waals surface area (Å²) in [5.74, 6) is 0.929. The molecule has 0 N–H and O–H groups in total. The molecule has 0 amide bonds. The number of carbonyl (C=O) groups excluding carboxylic acids is 1. The second-order valence-electron chi connectivity index (χ2n) is 3.58. The van der Waals surface area contributed by atoms with Gasteiger partial charge in [-0.05, 0) is 24.1 Å². The van der Waals surface area contributed by atoms with Gasteiger partial charge in [0.05, 0.1) is 0 Å². The summed E-state index contributed by atoms with van der Waals surface area (Å²) in [6, 6.07) is 7.95. The van der Waals surface area contributed by atoms with Gasteiger partial charge < -0.3 is 4.74 Å². The zero-order valence-corrected chi connectivity index (χ0v) is 9.45. The molecule has 0 spiro atoms. The number of hydrogen-bond donors (Lipinski definition) is 0. The molecule has 15 heavy (non-hydrogen) atoms. The minimum Gasteiger partial charge on any atom is -0.486 e. The van der Waals surface area contributed by atoms with Gasteiger partial charge in [0, 0.05) is 6.42 Å². The third kappa shape index (κ3) is 4.15. The molecule has 0 heterocycles. The average Bonchev–Trinajstić information content (AvgIpc) is 2.27. The van der Waals surface area contributed by atoms with Gasteiger partial charge in [-0.1, -0.05) is 32.4 Å². The smallest absolute Gasteiger partial charge is 0.169 e. The fraction of sp³-hybridized carbons (Fsp3) is 0.462. The van der Waals surface area contributed by atoms with E-state index in [9.17, 15) is 4.79 Å². The summed E-state index contributed by atoms with van der Waals surface area (Å²) in [7, 11) is 0. The minimum absolute atomic E-state index is 0.135. The van der Waals surface area contributed by atoms with Gasteiger partial charge in [-0.2, -0.15) is 0 Å². The van der Waals surface area contributed by atoms with Crippen molar-refractivity contribution in [3.05, 3.63) is 29.8 Å². The van der Waals surface area contributed by atoms with Crippen molar-refractivity contribution >= 4 is 5.78 Å². The fourth-order valence-corrected chi connectivity index (χ4v) is 1.35. The molecule has 0 fully saturated rings. The molecule has 0 aliphatic carbocycles. The van der Waals surface area contributed by atoms with E-state index in [1.165, 1.54) is 5.56 Å². The first kappa shape index (κ1) is 11.8. The van der Waals surface area contributed by atoms with E-state index < -0.39 is 0 Å². The van der Waals surface area contributed by atoms with Gasteiger partial charge in [0.2, 0.25) is 0 Å². The summed E-state index contributed by atoms with van der Waals surface area (Å²) >= 11 is 0. The zero-order valence-electron chi connectivity index (χ0n) is 9.45. The second-order valence-corrected chi connectivity index (χ2v) is 3.58. The highest BCUT2D eigenvalue weighted by Crippen LogP contribution is 2.14. The third-order valence-electron chi connectivity index (χ3n) is 2.23. The van der Waals surface area contributed by atoms with Crippen molar-refractivity contribution in [2.45, 2.75) is 33.1 Å².